The molecule has 0 fully saturated rings. The van der Waals surface area contributed by atoms with E-state index in [1.54, 1.807) is 0 Å². The van der Waals surface area contributed by atoms with Gasteiger partial charge in [0.15, 0.2) is 0 Å². The number of anilines is 1. The number of nitrogens with one attached hydrogen (secondary N) is 1. The Labute approximate surface area is 83.9 Å². The molecule has 0 unspecified atom stereocenters. The van der Waals surface area contributed by atoms with E-state index in [-0.39, 0.29) is 0 Å². The van der Waals surface area contributed by atoms with E-state index >= 15 is 0 Å². The standard InChI is InChI=1S/C9H17N3S/c1-12-7-6-11-9(12)10-5-3-4-8-13-2/h6-7H,3-5,8H2,1-2H3,(H,10,11). The molecule has 4 heteroatoms. The summed E-state index contributed by atoms with van der Waals surface area (Å²) in [5, 5.41) is 3.29. The summed E-state index contributed by atoms with van der Waals surface area (Å²) in [4.78, 5) is 4.18. The van der Waals surface area contributed by atoms with Crippen molar-refractivity contribution >= 4 is 17.7 Å². The van der Waals surface area contributed by atoms with Crippen molar-refractivity contribution in [3.63, 3.8) is 0 Å². The van der Waals surface area contributed by atoms with Crippen molar-refractivity contribution in [1.29, 1.82) is 0 Å². The van der Waals surface area contributed by atoms with Gasteiger partial charge in [0.1, 0.15) is 0 Å². The van der Waals surface area contributed by atoms with Gasteiger partial charge in [0, 0.05) is 26.0 Å². The molecule has 0 saturated heterocycles. The maximum absolute atomic E-state index is 4.18. The van der Waals surface area contributed by atoms with Crippen molar-refractivity contribution in [3.05, 3.63) is 12.4 Å². The topological polar surface area (TPSA) is 29.9 Å². The third kappa shape index (κ3) is 3.72. The van der Waals surface area contributed by atoms with Gasteiger partial charge < -0.3 is 9.88 Å². The van der Waals surface area contributed by atoms with Crippen LogP contribution in [0.1, 0.15) is 12.8 Å². The summed E-state index contributed by atoms with van der Waals surface area (Å²) >= 11 is 1.90. The van der Waals surface area contributed by atoms with Crippen molar-refractivity contribution < 1.29 is 0 Å². The predicted octanol–water partition coefficient (Wildman–Crippen LogP) is 1.98. The molecular weight excluding hydrogens is 182 g/mol. The second kappa shape index (κ2) is 5.91. The summed E-state index contributed by atoms with van der Waals surface area (Å²) in [6, 6.07) is 0. The number of thioether (sulfide) groups is 1. The molecule has 0 radical (unpaired) electrons. The number of hydrogen-bond acceptors (Lipinski definition) is 3. The molecule has 0 spiro atoms. The van der Waals surface area contributed by atoms with Gasteiger partial charge in [0.25, 0.3) is 0 Å². The van der Waals surface area contributed by atoms with E-state index in [2.05, 4.69) is 16.6 Å². The molecule has 3 nitrogen and oxygen atoms in total. The minimum atomic E-state index is 0.962. The Morgan fingerprint density at radius 3 is 3.00 bits per heavy atom. The number of nitrogens with zero attached hydrogens (tertiary/aromatic N) is 2. The lowest BCUT2D eigenvalue weighted by Crippen LogP contribution is -2.06. The molecule has 1 N–H and O–H groups in total. The van der Waals surface area contributed by atoms with Crippen LogP contribution < -0.4 is 5.32 Å². The van der Waals surface area contributed by atoms with Crippen LogP contribution in [0.25, 0.3) is 0 Å². The molecule has 0 aromatic carbocycles. The Kier molecular flexibility index (Phi) is 4.75. The van der Waals surface area contributed by atoms with Gasteiger partial charge in [-0.15, -0.1) is 0 Å². The smallest absolute Gasteiger partial charge is 0.202 e. The van der Waals surface area contributed by atoms with Crippen molar-refractivity contribution in [2.75, 3.05) is 23.9 Å². The zero-order chi connectivity index (χ0) is 9.52. The Morgan fingerprint density at radius 1 is 1.54 bits per heavy atom. The highest BCUT2D eigenvalue weighted by molar-refractivity contribution is 7.98. The molecule has 0 saturated carbocycles. The second-order valence-corrected chi connectivity index (χ2v) is 3.97. The van der Waals surface area contributed by atoms with E-state index in [1.165, 1.54) is 18.6 Å². The van der Waals surface area contributed by atoms with E-state index in [0.29, 0.717) is 0 Å². The van der Waals surface area contributed by atoms with Gasteiger partial charge in [-0.2, -0.15) is 11.8 Å². The molecule has 0 amide bonds. The van der Waals surface area contributed by atoms with Gasteiger partial charge in [-0.3, -0.25) is 0 Å². The molecule has 0 bridgehead atoms. The minimum Gasteiger partial charge on any atom is -0.356 e. The van der Waals surface area contributed by atoms with Crippen molar-refractivity contribution in [2.45, 2.75) is 12.8 Å². The third-order valence-corrected chi connectivity index (χ3v) is 2.58. The van der Waals surface area contributed by atoms with E-state index in [0.717, 1.165) is 12.5 Å². The molecule has 0 atom stereocenters. The molecule has 74 valence electrons. The fraction of sp³-hybridized carbons (Fsp3) is 0.667. The Bertz CT molecular complexity index is 235. The van der Waals surface area contributed by atoms with Gasteiger partial charge in [0.2, 0.25) is 5.95 Å². The summed E-state index contributed by atoms with van der Waals surface area (Å²) in [7, 11) is 2.00. The van der Waals surface area contributed by atoms with E-state index < -0.39 is 0 Å². The molecule has 0 aliphatic rings. The fourth-order valence-corrected chi connectivity index (χ4v) is 1.60. The SMILES string of the molecule is CSCCCCNc1nccn1C. The highest BCUT2D eigenvalue weighted by Crippen LogP contribution is 2.03. The van der Waals surface area contributed by atoms with Crippen LogP contribution in [0.4, 0.5) is 5.95 Å². The molecule has 13 heavy (non-hydrogen) atoms. The van der Waals surface area contributed by atoms with E-state index in [1.807, 2.05) is 35.8 Å². The van der Waals surface area contributed by atoms with Crippen LogP contribution in [0.3, 0.4) is 0 Å². The van der Waals surface area contributed by atoms with Crippen molar-refractivity contribution in [1.82, 2.24) is 9.55 Å². The molecule has 1 heterocycles. The number of unbranched alkanes of at least 4 members (excludes halogenated alkanes) is 1. The number of aromatic nitrogens is 2. The second-order valence-electron chi connectivity index (χ2n) is 2.99. The largest absolute Gasteiger partial charge is 0.356 e. The van der Waals surface area contributed by atoms with Crippen molar-refractivity contribution in [3.8, 4) is 0 Å². The summed E-state index contributed by atoms with van der Waals surface area (Å²) < 4.78 is 1.99. The Hall–Kier alpha value is -0.640. The Morgan fingerprint density at radius 2 is 2.38 bits per heavy atom. The van der Waals surface area contributed by atoms with Gasteiger partial charge in [0.05, 0.1) is 0 Å². The van der Waals surface area contributed by atoms with Crippen LogP contribution in [0, 0.1) is 0 Å². The first-order chi connectivity index (χ1) is 6.34. The first-order valence-corrected chi connectivity index (χ1v) is 5.94. The van der Waals surface area contributed by atoms with Crippen LogP contribution in [0.5, 0.6) is 0 Å². The highest BCUT2D eigenvalue weighted by atomic mass is 32.2. The average Bonchev–Trinajstić information content (AvgIpc) is 2.52. The zero-order valence-corrected chi connectivity index (χ0v) is 9.10. The predicted molar refractivity (Wildman–Crippen MR) is 59.3 cm³/mol. The number of hydrogen-bond donors (Lipinski definition) is 1. The van der Waals surface area contributed by atoms with Gasteiger partial charge >= 0.3 is 0 Å². The first-order valence-electron chi connectivity index (χ1n) is 4.54. The van der Waals surface area contributed by atoms with Crippen LogP contribution in [-0.2, 0) is 7.05 Å². The van der Waals surface area contributed by atoms with Crippen LogP contribution in [-0.4, -0.2) is 28.1 Å². The normalized spacial score (nSPS) is 10.3. The molecule has 0 aliphatic carbocycles. The van der Waals surface area contributed by atoms with Crippen molar-refractivity contribution in [2.24, 2.45) is 7.05 Å². The average molecular weight is 199 g/mol. The summed E-state index contributed by atoms with van der Waals surface area (Å²) in [6.07, 6.45) is 8.40. The maximum Gasteiger partial charge on any atom is 0.202 e. The monoisotopic (exact) mass is 199 g/mol. The molecule has 1 rings (SSSR count). The Balaban J connectivity index is 2.10. The lowest BCUT2D eigenvalue weighted by atomic mass is 10.3. The summed E-state index contributed by atoms with van der Waals surface area (Å²) in [6.45, 7) is 1.02. The number of rotatable bonds is 6. The van der Waals surface area contributed by atoms with E-state index in [9.17, 15) is 0 Å². The number of imidazole rings is 1. The quantitative estimate of drug-likeness (QED) is 0.710. The van der Waals surface area contributed by atoms with Crippen LogP contribution in [0.2, 0.25) is 0 Å². The van der Waals surface area contributed by atoms with Crippen LogP contribution in [0.15, 0.2) is 12.4 Å². The summed E-state index contributed by atoms with van der Waals surface area (Å²) in [5.74, 6) is 2.21. The fourth-order valence-electron chi connectivity index (χ4n) is 1.11. The lowest BCUT2D eigenvalue weighted by molar-refractivity contribution is 0.818. The van der Waals surface area contributed by atoms with E-state index in [4.69, 9.17) is 0 Å². The highest BCUT2D eigenvalue weighted by Gasteiger charge is 1.95. The lowest BCUT2D eigenvalue weighted by Gasteiger charge is -2.04. The molecule has 1 aromatic rings. The molecule has 0 aliphatic heterocycles. The maximum atomic E-state index is 4.18. The minimum absolute atomic E-state index is 0.962. The zero-order valence-electron chi connectivity index (χ0n) is 8.29. The summed E-state index contributed by atoms with van der Waals surface area (Å²) in [5.41, 5.74) is 0. The van der Waals surface area contributed by atoms with Gasteiger partial charge in [-0.1, -0.05) is 0 Å². The van der Waals surface area contributed by atoms with Gasteiger partial charge in [-0.05, 0) is 24.9 Å². The van der Waals surface area contributed by atoms with Gasteiger partial charge in [-0.25, -0.2) is 4.98 Å². The third-order valence-electron chi connectivity index (χ3n) is 1.88. The number of aryl methyl sites for hydroxylation is 1. The van der Waals surface area contributed by atoms with Crippen LogP contribution >= 0.6 is 11.8 Å². The molecule has 1 aromatic heterocycles. The molecular formula is C9H17N3S. The first kappa shape index (κ1) is 10.4.